The molecule has 5 heteroatoms. The van der Waals surface area contributed by atoms with Gasteiger partial charge in [-0.1, -0.05) is 45.9 Å². The van der Waals surface area contributed by atoms with Gasteiger partial charge in [0.15, 0.2) is 6.61 Å². The largest absolute Gasteiger partial charge is 0.452 e. The topological polar surface area (TPSA) is 60.3 Å². The van der Waals surface area contributed by atoms with Crippen molar-refractivity contribution < 1.29 is 14.3 Å². The number of anilines is 1. The van der Waals surface area contributed by atoms with Gasteiger partial charge in [0.05, 0.1) is 5.56 Å². The van der Waals surface area contributed by atoms with E-state index in [2.05, 4.69) is 37.6 Å². The van der Waals surface area contributed by atoms with Gasteiger partial charge in [0.2, 0.25) is 0 Å². The fraction of sp³-hybridized carbons (Fsp3) is 0.500. The smallest absolute Gasteiger partial charge is 0.340 e. The van der Waals surface area contributed by atoms with Gasteiger partial charge in [-0.3, -0.25) is 4.79 Å². The highest BCUT2D eigenvalue weighted by Crippen LogP contribution is 2.38. The van der Waals surface area contributed by atoms with E-state index in [9.17, 15) is 9.59 Å². The average Bonchev–Trinajstić information content (AvgIpc) is 3.44. The molecular weight excluding hydrogens is 364 g/mol. The monoisotopic (exact) mass is 396 g/mol. The van der Waals surface area contributed by atoms with Crippen LogP contribution in [0.3, 0.4) is 0 Å². The lowest BCUT2D eigenvalue weighted by Gasteiger charge is -2.20. The summed E-state index contributed by atoms with van der Waals surface area (Å²) in [6, 6.07) is 8.45. The van der Waals surface area contributed by atoms with Crippen LogP contribution in [0.2, 0.25) is 0 Å². The number of nitrogens with zero attached hydrogens (tertiary/aromatic N) is 1. The molecule has 29 heavy (non-hydrogen) atoms. The van der Waals surface area contributed by atoms with Crippen LogP contribution in [0.25, 0.3) is 0 Å². The number of ether oxygens (including phenoxy) is 1. The van der Waals surface area contributed by atoms with Crippen LogP contribution in [0.5, 0.6) is 0 Å². The van der Waals surface area contributed by atoms with E-state index in [-0.39, 0.29) is 24.3 Å². The number of hydrogen-bond acceptors (Lipinski definition) is 3. The second-order valence-corrected chi connectivity index (χ2v) is 8.63. The van der Waals surface area contributed by atoms with Gasteiger partial charge in [0, 0.05) is 23.1 Å². The first-order valence-electron chi connectivity index (χ1n) is 10.5. The molecule has 0 aliphatic heterocycles. The first-order valence-corrected chi connectivity index (χ1v) is 10.5. The summed E-state index contributed by atoms with van der Waals surface area (Å²) in [5.41, 5.74) is 5.54. The molecule has 1 saturated carbocycles. The fourth-order valence-corrected chi connectivity index (χ4v) is 3.96. The van der Waals surface area contributed by atoms with E-state index in [1.54, 1.807) is 0 Å². The lowest BCUT2D eigenvalue weighted by atomic mass is 9.92. The van der Waals surface area contributed by atoms with E-state index in [1.165, 1.54) is 0 Å². The van der Waals surface area contributed by atoms with Crippen LogP contribution in [0, 0.1) is 13.8 Å². The number of aromatic nitrogens is 1. The fourth-order valence-electron chi connectivity index (χ4n) is 3.96. The highest BCUT2D eigenvalue weighted by atomic mass is 16.5. The van der Waals surface area contributed by atoms with Gasteiger partial charge in [-0.25, -0.2) is 4.79 Å². The molecule has 1 aliphatic carbocycles. The zero-order chi connectivity index (χ0) is 21.3. The van der Waals surface area contributed by atoms with Gasteiger partial charge in [-0.05, 0) is 55.7 Å². The lowest BCUT2D eigenvalue weighted by molar-refractivity contribution is -0.119. The number of amides is 1. The molecule has 1 fully saturated rings. The summed E-state index contributed by atoms with van der Waals surface area (Å²) in [6.45, 7) is 12.1. The van der Waals surface area contributed by atoms with Crippen molar-refractivity contribution in [2.45, 2.75) is 72.3 Å². The second-order valence-electron chi connectivity index (χ2n) is 8.63. The molecule has 5 nitrogen and oxygen atoms in total. The van der Waals surface area contributed by atoms with Gasteiger partial charge in [0.1, 0.15) is 0 Å². The third-order valence-electron chi connectivity index (χ3n) is 5.59. The number of rotatable bonds is 7. The minimum Gasteiger partial charge on any atom is -0.452 e. The standard InChI is InChI=1S/C24H32N2O3/c1-14(2)19-8-7-9-20(15(3)4)23(19)25-22(27)13-29-24(28)21-12-16(5)26(17(21)6)18-10-11-18/h7-9,12,14-15,18H,10-11,13H2,1-6H3,(H,25,27). The van der Waals surface area contributed by atoms with Crippen molar-refractivity contribution in [3.05, 3.63) is 52.3 Å². The Hall–Kier alpha value is -2.56. The zero-order valence-electron chi connectivity index (χ0n) is 18.3. The summed E-state index contributed by atoms with van der Waals surface area (Å²) in [7, 11) is 0. The molecule has 1 heterocycles. The number of hydrogen-bond donors (Lipinski definition) is 1. The van der Waals surface area contributed by atoms with Crippen molar-refractivity contribution in [3.8, 4) is 0 Å². The van der Waals surface area contributed by atoms with Gasteiger partial charge < -0.3 is 14.6 Å². The van der Waals surface area contributed by atoms with Gasteiger partial charge >= 0.3 is 5.97 Å². The van der Waals surface area contributed by atoms with Crippen molar-refractivity contribution in [2.24, 2.45) is 0 Å². The molecule has 1 aromatic heterocycles. The molecule has 0 atom stereocenters. The Bertz CT molecular complexity index is 894. The molecule has 156 valence electrons. The molecule has 1 amide bonds. The Morgan fingerprint density at radius 1 is 1.10 bits per heavy atom. The van der Waals surface area contributed by atoms with Crippen LogP contribution >= 0.6 is 0 Å². The van der Waals surface area contributed by atoms with Crippen molar-refractivity contribution in [3.63, 3.8) is 0 Å². The van der Waals surface area contributed by atoms with Crippen LogP contribution < -0.4 is 5.32 Å². The summed E-state index contributed by atoms with van der Waals surface area (Å²) in [5, 5.41) is 2.99. The van der Waals surface area contributed by atoms with Crippen LogP contribution in [0.1, 0.15) is 91.3 Å². The number of para-hydroxylation sites is 1. The lowest BCUT2D eigenvalue weighted by Crippen LogP contribution is -2.23. The molecule has 2 aromatic rings. The number of carbonyl (C=O) groups excluding carboxylic acids is 2. The van der Waals surface area contributed by atoms with Crippen LogP contribution in [-0.4, -0.2) is 23.1 Å². The maximum Gasteiger partial charge on any atom is 0.340 e. The molecule has 1 aliphatic rings. The number of benzene rings is 1. The SMILES string of the molecule is Cc1cc(C(=O)OCC(=O)Nc2c(C(C)C)cccc2C(C)C)c(C)n1C1CC1. The number of nitrogens with one attached hydrogen (secondary N) is 1. The summed E-state index contributed by atoms with van der Waals surface area (Å²) in [4.78, 5) is 25.1. The third-order valence-corrected chi connectivity index (χ3v) is 5.59. The first kappa shape index (κ1) is 21.2. The van der Waals surface area contributed by atoms with Gasteiger partial charge in [-0.2, -0.15) is 0 Å². The van der Waals surface area contributed by atoms with Crippen molar-refractivity contribution in [1.29, 1.82) is 0 Å². The molecule has 1 N–H and O–H groups in total. The number of aryl methyl sites for hydroxylation is 1. The molecule has 0 radical (unpaired) electrons. The van der Waals surface area contributed by atoms with E-state index < -0.39 is 5.97 Å². The second kappa shape index (κ2) is 8.44. The Morgan fingerprint density at radius 3 is 2.21 bits per heavy atom. The van der Waals surface area contributed by atoms with Crippen molar-refractivity contribution >= 4 is 17.6 Å². The highest BCUT2D eigenvalue weighted by Gasteiger charge is 2.29. The third kappa shape index (κ3) is 4.55. The Morgan fingerprint density at radius 2 is 1.69 bits per heavy atom. The summed E-state index contributed by atoms with van der Waals surface area (Å²) in [5.74, 6) is -0.204. The van der Waals surface area contributed by atoms with Gasteiger partial charge in [-0.15, -0.1) is 0 Å². The molecule has 0 bridgehead atoms. The zero-order valence-corrected chi connectivity index (χ0v) is 18.3. The number of carbonyl (C=O) groups is 2. The summed E-state index contributed by atoms with van der Waals surface area (Å²) in [6.07, 6.45) is 2.31. The van der Waals surface area contributed by atoms with E-state index >= 15 is 0 Å². The minimum absolute atomic E-state index is 0.277. The van der Waals surface area contributed by atoms with E-state index in [0.29, 0.717) is 11.6 Å². The molecule has 0 unspecified atom stereocenters. The van der Waals surface area contributed by atoms with E-state index in [0.717, 1.165) is 41.0 Å². The highest BCUT2D eigenvalue weighted by molar-refractivity contribution is 5.97. The predicted octanol–water partition coefficient (Wildman–Crippen LogP) is 5.48. The summed E-state index contributed by atoms with van der Waals surface area (Å²) >= 11 is 0. The predicted molar refractivity (Wildman–Crippen MR) is 116 cm³/mol. The Balaban J connectivity index is 1.69. The first-order chi connectivity index (χ1) is 13.7. The molecule has 3 rings (SSSR count). The Kier molecular flexibility index (Phi) is 6.15. The normalized spacial score (nSPS) is 13.8. The van der Waals surface area contributed by atoms with E-state index in [4.69, 9.17) is 4.74 Å². The molecule has 1 aromatic carbocycles. The average molecular weight is 397 g/mol. The van der Waals surface area contributed by atoms with E-state index in [1.807, 2.05) is 38.1 Å². The quantitative estimate of drug-likeness (QED) is 0.630. The van der Waals surface area contributed by atoms with Crippen LogP contribution in [0.4, 0.5) is 5.69 Å². The number of esters is 1. The van der Waals surface area contributed by atoms with Crippen molar-refractivity contribution in [2.75, 3.05) is 11.9 Å². The molecule has 0 saturated heterocycles. The van der Waals surface area contributed by atoms with Crippen LogP contribution in [-0.2, 0) is 9.53 Å². The Labute approximate surface area is 173 Å². The molecule has 0 spiro atoms. The maximum atomic E-state index is 12.6. The van der Waals surface area contributed by atoms with Crippen LogP contribution in [0.15, 0.2) is 24.3 Å². The maximum absolute atomic E-state index is 12.6. The summed E-state index contributed by atoms with van der Waals surface area (Å²) < 4.78 is 7.55. The minimum atomic E-state index is -0.443. The van der Waals surface area contributed by atoms with Crippen molar-refractivity contribution in [1.82, 2.24) is 4.57 Å². The van der Waals surface area contributed by atoms with Gasteiger partial charge in [0.25, 0.3) is 5.91 Å². The molecular formula is C24H32N2O3.